The Hall–Kier alpha value is -4.26. The second-order valence-corrected chi connectivity index (χ2v) is 7.59. The van der Waals surface area contributed by atoms with Crippen LogP contribution in [0.5, 0.6) is 0 Å². The van der Waals surface area contributed by atoms with E-state index in [9.17, 15) is 14.9 Å². The number of hydrogen-bond acceptors (Lipinski definition) is 4. The molecule has 0 saturated heterocycles. The van der Waals surface area contributed by atoms with E-state index in [4.69, 9.17) is 0 Å². The molecule has 1 N–H and O–H groups in total. The van der Waals surface area contributed by atoms with Crippen molar-refractivity contribution in [1.82, 2.24) is 15.1 Å². The molecule has 1 heterocycles. The first-order chi connectivity index (χ1) is 15.4. The van der Waals surface area contributed by atoms with Crippen LogP contribution in [-0.2, 0) is 6.54 Å². The molecule has 0 aliphatic rings. The van der Waals surface area contributed by atoms with Crippen molar-refractivity contribution in [3.63, 3.8) is 0 Å². The molecule has 0 fully saturated rings. The third-order valence-electron chi connectivity index (χ3n) is 5.19. The van der Waals surface area contributed by atoms with E-state index in [2.05, 4.69) is 10.4 Å². The van der Waals surface area contributed by atoms with Crippen molar-refractivity contribution in [3.05, 3.63) is 111 Å². The second kappa shape index (κ2) is 8.85. The summed E-state index contributed by atoms with van der Waals surface area (Å²) in [6, 6.07) is 23.5. The summed E-state index contributed by atoms with van der Waals surface area (Å²) in [6.45, 7) is 4.38. The van der Waals surface area contributed by atoms with E-state index in [1.165, 1.54) is 12.1 Å². The monoisotopic (exact) mass is 426 g/mol. The zero-order valence-corrected chi connectivity index (χ0v) is 17.8. The van der Waals surface area contributed by atoms with Crippen LogP contribution >= 0.6 is 0 Å². The molecule has 0 aliphatic heterocycles. The summed E-state index contributed by atoms with van der Waals surface area (Å²) in [6.07, 6.45) is 0. The molecule has 7 nitrogen and oxygen atoms in total. The van der Waals surface area contributed by atoms with Gasteiger partial charge in [0.15, 0.2) is 0 Å². The number of benzene rings is 3. The highest BCUT2D eigenvalue weighted by Gasteiger charge is 2.19. The molecule has 4 aromatic rings. The molecule has 160 valence electrons. The molecule has 7 heteroatoms. The number of nitro benzene ring substituents is 1. The molecule has 1 amide bonds. The molecule has 1 aromatic heterocycles. The highest BCUT2D eigenvalue weighted by Crippen LogP contribution is 2.25. The van der Waals surface area contributed by atoms with E-state index >= 15 is 0 Å². The number of carbonyl (C=O) groups excluding carboxylic acids is 1. The molecule has 0 spiro atoms. The number of non-ortho nitro benzene ring substituents is 1. The predicted octanol–water partition coefficient (Wildman–Crippen LogP) is 4.99. The summed E-state index contributed by atoms with van der Waals surface area (Å²) in [5, 5.41) is 18.6. The Morgan fingerprint density at radius 2 is 1.72 bits per heavy atom. The number of nitrogens with zero attached hydrogens (tertiary/aromatic N) is 3. The van der Waals surface area contributed by atoms with Crippen molar-refractivity contribution in [3.8, 4) is 16.9 Å². The van der Waals surface area contributed by atoms with Gasteiger partial charge >= 0.3 is 0 Å². The summed E-state index contributed by atoms with van der Waals surface area (Å²) >= 11 is 0. The van der Waals surface area contributed by atoms with Gasteiger partial charge in [0.1, 0.15) is 5.69 Å². The Morgan fingerprint density at radius 1 is 1.00 bits per heavy atom. The zero-order valence-electron chi connectivity index (χ0n) is 17.8. The van der Waals surface area contributed by atoms with Crippen LogP contribution < -0.4 is 5.32 Å². The van der Waals surface area contributed by atoms with Crippen LogP contribution in [0, 0.1) is 24.0 Å². The summed E-state index contributed by atoms with van der Waals surface area (Å²) in [5.74, 6) is -0.255. The maximum atomic E-state index is 13.1. The Labute approximate surface area is 185 Å². The summed E-state index contributed by atoms with van der Waals surface area (Å²) in [4.78, 5) is 23.6. The van der Waals surface area contributed by atoms with Crippen LogP contribution in [0.3, 0.4) is 0 Å². The van der Waals surface area contributed by atoms with Crippen molar-refractivity contribution in [2.24, 2.45) is 0 Å². The minimum atomic E-state index is -0.444. The lowest BCUT2D eigenvalue weighted by Gasteiger charge is -2.11. The van der Waals surface area contributed by atoms with Crippen molar-refractivity contribution in [2.45, 2.75) is 20.4 Å². The second-order valence-electron chi connectivity index (χ2n) is 7.59. The van der Waals surface area contributed by atoms with Gasteiger partial charge in [-0.1, -0.05) is 48.0 Å². The normalized spacial score (nSPS) is 10.7. The van der Waals surface area contributed by atoms with Crippen LogP contribution in [0.15, 0.2) is 78.9 Å². The largest absolute Gasteiger partial charge is 0.347 e. The maximum absolute atomic E-state index is 13.1. The zero-order chi connectivity index (χ0) is 22.7. The molecular weight excluding hydrogens is 404 g/mol. The molecular formula is C25H22N4O3. The topological polar surface area (TPSA) is 90.1 Å². The number of amides is 1. The number of hydrogen-bond donors (Lipinski definition) is 1. The maximum Gasteiger partial charge on any atom is 0.270 e. The molecule has 32 heavy (non-hydrogen) atoms. The highest BCUT2D eigenvalue weighted by molar-refractivity contribution is 5.94. The van der Waals surface area contributed by atoms with Gasteiger partial charge in [0.25, 0.3) is 11.6 Å². The standard InChI is InChI=1S/C25H22N4O3/c1-17-8-13-23(18(2)14-17)28-24(25(30)26-16-19-6-4-3-5-7-19)15-22(27-28)20-9-11-21(12-10-20)29(31)32/h3-15H,16H2,1-2H3,(H,26,30). The van der Waals surface area contributed by atoms with Gasteiger partial charge in [0.2, 0.25) is 0 Å². The van der Waals surface area contributed by atoms with Crippen molar-refractivity contribution in [1.29, 1.82) is 0 Å². The van der Waals surface area contributed by atoms with Gasteiger partial charge in [0, 0.05) is 24.2 Å². The van der Waals surface area contributed by atoms with Gasteiger partial charge in [-0.2, -0.15) is 5.10 Å². The third-order valence-corrected chi connectivity index (χ3v) is 5.19. The van der Waals surface area contributed by atoms with Gasteiger partial charge in [0.05, 0.1) is 16.3 Å². The fourth-order valence-corrected chi connectivity index (χ4v) is 3.53. The number of aryl methyl sites for hydroxylation is 2. The fourth-order valence-electron chi connectivity index (χ4n) is 3.53. The molecule has 3 aromatic carbocycles. The lowest BCUT2D eigenvalue weighted by atomic mass is 10.1. The van der Waals surface area contributed by atoms with Crippen LogP contribution in [0.4, 0.5) is 5.69 Å². The van der Waals surface area contributed by atoms with E-state index < -0.39 is 4.92 Å². The summed E-state index contributed by atoms with van der Waals surface area (Å²) in [7, 11) is 0. The van der Waals surface area contributed by atoms with E-state index in [1.54, 1.807) is 22.9 Å². The van der Waals surface area contributed by atoms with Crippen LogP contribution in [0.25, 0.3) is 16.9 Å². The number of aromatic nitrogens is 2. The first-order valence-electron chi connectivity index (χ1n) is 10.2. The number of nitro groups is 1. The quantitative estimate of drug-likeness (QED) is 0.347. The Morgan fingerprint density at radius 3 is 2.38 bits per heavy atom. The average Bonchev–Trinajstić information content (AvgIpc) is 3.23. The Bertz CT molecular complexity index is 1280. The lowest BCUT2D eigenvalue weighted by molar-refractivity contribution is -0.384. The number of rotatable bonds is 6. The summed E-state index contributed by atoms with van der Waals surface area (Å²) in [5.41, 5.74) is 5.54. The highest BCUT2D eigenvalue weighted by atomic mass is 16.6. The van der Waals surface area contributed by atoms with Gasteiger partial charge in [-0.05, 0) is 49.2 Å². The van der Waals surface area contributed by atoms with Crippen molar-refractivity contribution in [2.75, 3.05) is 0 Å². The van der Waals surface area contributed by atoms with Crippen LogP contribution in [-0.4, -0.2) is 20.6 Å². The van der Waals surface area contributed by atoms with Gasteiger partial charge in [-0.25, -0.2) is 4.68 Å². The van der Waals surface area contributed by atoms with E-state index in [1.807, 2.05) is 62.4 Å². The van der Waals surface area contributed by atoms with Crippen molar-refractivity contribution >= 4 is 11.6 Å². The molecule has 0 unspecified atom stereocenters. The first-order valence-corrected chi connectivity index (χ1v) is 10.2. The van der Waals surface area contributed by atoms with E-state index in [-0.39, 0.29) is 11.6 Å². The molecule has 0 bridgehead atoms. The van der Waals surface area contributed by atoms with E-state index in [0.717, 1.165) is 22.4 Å². The Balaban J connectivity index is 1.72. The minimum absolute atomic E-state index is 0.00314. The van der Waals surface area contributed by atoms with Gasteiger partial charge in [-0.15, -0.1) is 0 Å². The predicted molar refractivity (Wildman–Crippen MR) is 123 cm³/mol. The third kappa shape index (κ3) is 4.41. The molecule has 0 radical (unpaired) electrons. The Kier molecular flexibility index (Phi) is 5.81. The van der Waals surface area contributed by atoms with Gasteiger partial charge < -0.3 is 5.32 Å². The minimum Gasteiger partial charge on any atom is -0.347 e. The lowest BCUT2D eigenvalue weighted by Crippen LogP contribution is -2.25. The molecule has 0 atom stereocenters. The fraction of sp³-hybridized carbons (Fsp3) is 0.120. The number of nitrogens with one attached hydrogen (secondary N) is 1. The van der Waals surface area contributed by atoms with Crippen LogP contribution in [0.1, 0.15) is 27.2 Å². The van der Waals surface area contributed by atoms with Gasteiger partial charge in [-0.3, -0.25) is 14.9 Å². The first kappa shape index (κ1) is 21.0. The molecule has 0 aliphatic carbocycles. The SMILES string of the molecule is Cc1ccc(-n2nc(-c3ccc([N+](=O)[O-])cc3)cc2C(=O)NCc2ccccc2)c(C)c1. The van der Waals surface area contributed by atoms with Crippen molar-refractivity contribution < 1.29 is 9.72 Å². The van der Waals surface area contributed by atoms with E-state index in [0.29, 0.717) is 23.5 Å². The molecule has 4 rings (SSSR count). The van der Waals surface area contributed by atoms with Crippen LogP contribution in [0.2, 0.25) is 0 Å². The summed E-state index contributed by atoms with van der Waals surface area (Å²) < 4.78 is 1.63. The molecule has 0 saturated carbocycles. The average molecular weight is 426 g/mol. The smallest absolute Gasteiger partial charge is 0.270 e. The number of carbonyl (C=O) groups is 1.